The van der Waals surface area contributed by atoms with Crippen molar-refractivity contribution in [3.63, 3.8) is 0 Å². The molecule has 0 radical (unpaired) electrons. The van der Waals surface area contributed by atoms with Crippen molar-refractivity contribution in [2.75, 3.05) is 0 Å². The Morgan fingerprint density at radius 2 is 1.48 bits per heavy atom. The molecule has 27 heavy (non-hydrogen) atoms. The van der Waals surface area contributed by atoms with Crippen molar-refractivity contribution >= 4 is 12.2 Å². The smallest absolute Gasteiger partial charge is 0.119 e. The van der Waals surface area contributed by atoms with E-state index in [0.717, 1.165) is 24.0 Å². The molecular formula is C24H28O3. The molecule has 0 bridgehead atoms. The molecule has 0 aromatic heterocycles. The van der Waals surface area contributed by atoms with Crippen molar-refractivity contribution in [1.29, 1.82) is 0 Å². The van der Waals surface area contributed by atoms with Crippen LogP contribution in [0.1, 0.15) is 50.3 Å². The molecule has 0 saturated carbocycles. The Bertz CT molecular complexity index is 849. The number of benzene rings is 2. The monoisotopic (exact) mass is 364 g/mol. The molecule has 142 valence electrons. The summed E-state index contributed by atoms with van der Waals surface area (Å²) >= 11 is 0. The zero-order valence-electron chi connectivity index (χ0n) is 16.2. The zero-order valence-corrected chi connectivity index (χ0v) is 16.2. The van der Waals surface area contributed by atoms with E-state index >= 15 is 0 Å². The van der Waals surface area contributed by atoms with Crippen LogP contribution in [-0.2, 0) is 6.42 Å². The molecule has 2 aromatic carbocycles. The highest BCUT2D eigenvalue weighted by molar-refractivity contribution is 5.71. The summed E-state index contributed by atoms with van der Waals surface area (Å²) in [5, 5.41) is 29.2. The summed E-state index contributed by atoms with van der Waals surface area (Å²) in [5.74, 6) is 0.333. The minimum atomic E-state index is 0.0229. The molecule has 0 fully saturated rings. The summed E-state index contributed by atoms with van der Waals surface area (Å²) in [6.45, 7) is 6.33. The number of hydrogen-bond acceptors (Lipinski definition) is 3. The van der Waals surface area contributed by atoms with Gasteiger partial charge in [0.2, 0.25) is 0 Å². The van der Waals surface area contributed by atoms with E-state index in [9.17, 15) is 15.3 Å². The van der Waals surface area contributed by atoms with Crippen molar-refractivity contribution < 1.29 is 15.3 Å². The first-order valence-electron chi connectivity index (χ1n) is 9.15. The van der Waals surface area contributed by atoms with Gasteiger partial charge in [-0.25, -0.2) is 0 Å². The average Bonchev–Trinajstić information content (AvgIpc) is 2.58. The molecule has 0 saturated heterocycles. The van der Waals surface area contributed by atoms with E-state index in [1.165, 1.54) is 17.2 Å². The highest BCUT2D eigenvalue weighted by atomic mass is 16.3. The normalized spacial score (nSPS) is 11.7. The van der Waals surface area contributed by atoms with Gasteiger partial charge in [0.1, 0.15) is 17.2 Å². The molecule has 0 aliphatic heterocycles. The van der Waals surface area contributed by atoms with Gasteiger partial charge in [0.15, 0.2) is 0 Å². The fraction of sp³-hybridized carbons (Fsp3) is 0.250. The summed E-state index contributed by atoms with van der Waals surface area (Å²) in [4.78, 5) is 0. The van der Waals surface area contributed by atoms with Gasteiger partial charge < -0.3 is 15.3 Å². The molecular weight excluding hydrogens is 336 g/mol. The fourth-order valence-corrected chi connectivity index (χ4v) is 2.75. The highest BCUT2D eigenvalue weighted by Gasteiger charge is 2.02. The Morgan fingerprint density at radius 1 is 0.815 bits per heavy atom. The molecule has 3 heteroatoms. The molecule has 0 amide bonds. The standard InChI is InChI=1S/C24H28O3/c1-17(2)5-4-6-18(3)7-11-21-13-19(10-12-24(21)27)8-9-20-14-22(25)16-23(26)15-20/h5,7-10,12-16,25-27H,4,6,11H2,1-3H3/b9-8+,18-7+. The Balaban J connectivity index is 2.09. The molecule has 0 heterocycles. The van der Waals surface area contributed by atoms with Gasteiger partial charge in [0, 0.05) is 6.07 Å². The third-order valence-corrected chi connectivity index (χ3v) is 4.26. The SMILES string of the molecule is CC(C)=CCC/C(C)=C/Cc1cc(/C=C/c2cc(O)cc(O)c2)ccc1O. The molecule has 0 aliphatic carbocycles. The van der Waals surface area contributed by atoms with E-state index in [1.54, 1.807) is 18.2 Å². The van der Waals surface area contributed by atoms with Crippen LogP contribution < -0.4 is 0 Å². The fourth-order valence-electron chi connectivity index (χ4n) is 2.75. The summed E-state index contributed by atoms with van der Waals surface area (Å²) in [7, 11) is 0. The molecule has 0 aliphatic rings. The largest absolute Gasteiger partial charge is 0.508 e. The van der Waals surface area contributed by atoms with Crippen molar-refractivity contribution in [3.05, 3.63) is 76.4 Å². The van der Waals surface area contributed by atoms with Crippen molar-refractivity contribution in [2.24, 2.45) is 0 Å². The first kappa shape index (κ1) is 20.4. The summed E-state index contributed by atoms with van der Waals surface area (Å²) in [6.07, 6.45) is 10.8. The van der Waals surface area contributed by atoms with E-state index in [2.05, 4.69) is 32.9 Å². The number of phenols is 3. The van der Waals surface area contributed by atoms with Gasteiger partial charge in [-0.3, -0.25) is 0 Å². The quantitative estimate of drug-likeness (QED) is 0.404. The third-order valence-electron chi connectivity index (χ3n) is 4.26. The Morgan fingerprint density at radius 3 is 2.15 bits per heavy atom. The van der Waals surface area contributed by atoms with Crippen LogP contribution in [0.3, 0.4) is 0 Å². The van der Waals surface area contributed by atoms with Crippen LogP contribution in [0.25, 0.3) is 12.2 Å². The van der Waals surface area contributed by atoms with Crippen LogP contribution in [0.15, 0.2) is 59.7 Å². The number of hydrogen-bond donors (Lipinski definition) is 3. The van der Waals surface area contributed by atoms with Crippen molar-refractivity contribution in [2.45, 2.75) is 40.0 Å². The number of allylic oxidation sites excluding steroid dienone is 4. The molecule has 3 N–H and O–H groups in total. The van der Waals surface area contributed by atoms with Gasteiger partial charge >= 0.3 is 0 Å². The predicted molar refractivity (Wildman–Crippen MR) is 113 cm³/mol. The van der Waals surface area contributed by atoms with Crippen LogP contribution in [0.2, 0.25) is 0 Å². The van der Waals surface area contributed by atoms with Crippen molar-refractivity contribution in [1.82, 2.24) is 0 Å². The first-order chi connectivity index (χ1) is 12.8. The second-order valence-electron chi connectivity index (χ2n) is 7.08. The topological polar surface area (TPSA) is 60.7 Å². The van der Waals surface area contributed by atoms with Crippen LogP contribution in [0.5, 0.6) is 17.2 Å². The lowest BCUT2D eigenvalue weighted by molar-refractivity contribution is 0.450. The lowest BCUT2D eigenvalue weighted by Crippen LogP contribution is -1.87. The lowest BCUT2D eigenvalue weighted by Gasteiger charge is -2.05. The second-order valence-corrected chi connectivity index (χ2v) is 7.08. The molecule has 0 unspecified atom stereocenters. The van der Waals surface area contributed by atoms with Gasteiger partial charge in [-0.15, -0.1) is 0 Å². The van der Waals surface area contributed by atoms with Gasteiger partial charge in [0.05, 0.1) is 0 Å². The van der Waals surface area contributed by atoms with Crippen LogP contribution in [-0.4, -0.2) is 15.3 Å². The third kappa shape index (κ3) is 7.06. The Hall–Kier alpha value is -2.94. The van der Waals surface area contributed by atoms with Gasteiger partial charge in [-0.1, -0.05) is 41.5 Å². The molecule has 2 aromatic rings. The first-order valence-corrected chi connectivity index (χ1v) is 9.15. The van der Waals surface area contributed by atoms with E-state index < -0.39 is 0 Å². The van der Waals surface area contributed by atoms with Gasteiger partial charge in [0.25, 0.3) is 0 Å². The lowest BCUT2D eigenvalue weighted by atomic mass is 10.0. The van der Waals surface area contributed by atoms with E-state index in [0.29, 0.717) is 12.0 Å². The van der Waals surface area contributed by atoms with Crippen LogP contribution >= 0.6 is 0 Å². The van der Waals surface area contributed by atoms with Crippen molar-refractivity contribution in [3.8, 4) is 17.2 Å². The second kappa shape index (κ2) is 9.67. The molecule has 0 spiro atoms. The summed E-state index contributed by atoms with van der Waals surface area (Å²) < 4.78 is 0. The minimum Gasteiger partial charge on any atom is -0.508 e. The maximum absolute atomic E-state index is 10.1. The van der Waals surface area contributed by atoms with E-state index in [4.69, 9.17) is 0 Å². The number of phenolic OH excluding ortho intramolecular Hbond substituents is 3. The van der Waals surface area contributed by atoms with E-state index in [-0.39, 0.29) is 17.2 Å². The maximum atomic E-state index is 10.1. The molecule has 3 nitrogen and oxygen atoms in total. The van der Waals surface area contributed by atoms with Crippen LogP contribution in [0, 0.1) is 0 Å². The Kier molecular flexibility index (Phi) is 7.30. The highest BCUT2D eigenvalue weighted by Crippen LogP contribution is 2.24. The Labute approximate surface area is 161 Å². The maximum Gasteiger partial charge on any atom is 0.119 e. The van der Waals surface area contributed by atoms with Crippen LogP contribution in [0.4, 0.5) is 0 Å². The van der Waals surface area contributed by atoms with Gasteiger partial charge in [-0.2, -0.15) is 0 Å². The number of rotatable bonds is 7. The predicted octanol–water partition coefficient (Wildman–Crippen LogP) is 6.21. The minimum absolute atomic E-state index is 0.0229. The summed E-state index contributed by atoms with van der Waals surface area (Å²) in [6, 6.07) is 9.94. The molecule has 2 rings (SSSR count). The molecule has 0 atom stereocenters. The van der Waals surface area contributed by atoms with E-state index in [1.807, 2.05) is 24.3 Å². The van der Waals surface area contributed by atoms with Gasteiger partial charge in [-0.05, 0) is 81.0 Å². The number of aromatic hydroxyl groups is 3. The zero-order chi connectivity index (χ0) is 19.8. The average molecular weight is 364 g/mol. The summed E-state index contributed by atoms with van der Waals surface area (Å²) in [5.41, 5.74) is 5.17.